The van der Waals surface area contributed by atoms with Crippen LogP contribution in [0.2, 0.25) is 0 Å². The molecule has 0 N–H and O–H groups in total. The Labute approximate surface area is 113 Å². The fourth-order valence-corrected chi connectivity index (χ4v) is 3.02. The lowest BCUT2D eigenvalue weighted by molar-refractivity contribution is -0.171. The Morgan fingerprint density at radius 2 is 1.95 bits per heavy atom. The van der Waals surface area contributed by atoms with Crippen LogP contribution in [0, 0.1) is 5.41 Å². The molecule has 0 aliphatic carbocycles. The highest BCUT2D eigenvalue weighted by atomic mass is 16.2. The molecule has 0 saturated carbocycles. The molecular weight excluding hydrogens is 240 g/mol. The van der Waals surface area contributed by atoms with Gasteiger partial charge in [0.2, 0.25) is 11.8 Å². The molecule has 19 heavy (non-hydrogen) atoms. The van der Waals surface area contributed by atoms with Gasteiger partial charge in [-0.25, -0.2) is 0 Å². The summed E-state index contributed by atoms with van der Waals surface area (Å²) in [7, 11) is 1.81. The fourth-order valence-electron chi connectivity index (χ4n) is 3.02. The number of piperidine rings is 1. The second-order valence-corrected chi connectivity index (χ2v) is 5.67. The molecule has 1 unspecified atom stereocenters. The van der Waals surface area contributed by atoms with Crippen molar-refractivity contribution in [2.24, 2.45) is 5.41 Å². The number of amides is 2. The number of hydrogen-bond donors (Lipinski definition) is 0. The minimum absolute atomic E-state index is 0.0963. The summed E-state index contributed by atoms with van der Waals surface area (Å²) in [5, 5.41) is 0. The maximum absolute atomic E-state index is 12.4. The second-order valence-electron chi connectivity index (χ2n) is 5.67. The highest BCUT2D eigenvalue weighted by molar-refractivity contribution is 5.94. The van der Waals surface area contributed by atoms with Crippen molar-refractivity contribution in [1.29, 1.82) is 0 Å². The molecule has 1 spiro atoms. The molecule has 0 bridgehead atoms. The van der Waals surface area contributed by atoms with Crippen molar-refractivity contribution < 1.29 is 9.59 Å². The molecule has 2 aliphatic rings. The van der Waals surface area contributed by atoms with Gasteiger partial charge in [-0.3, -0.25) is 9.59 Å². The first-order valence-corrected chi connectivity index (χ1v) is 6.68. The summed E-state index contributed by atoms with van der Waals surface area (Å²) in [6.07, 6.45) is 1.19. The Kier molecular flexibility index (Phi) is 2.81. The maximum Gasteiger partial charge on any atom is 0.231 e. The average Bonchev–Trinajstić information content (AvgIpc) is 2.43. The van der Waals surface area contributed by atoms with Crippen molar-refractivity contribution in [3.63, 3.8) is 0 Å². The van der Waals surface area contributed by atoms with E-state index in [0.717, 1.165) is 18.5 Å². The van der Waals surface area contributed by atoms with Gasteiger partial charge in [-0.1, -0.05) is 30.3 Å². The van der Waals surface area contributed by atoms with Gasteiger partial charge >= 0.3 is 0 Å². The van der Waals surface area contributed by atoms with Crippen LogP contribution in [0.15, 0.2) is 30.3 Å². The SMILES string of the molecule is CN1CCC2(CC1=O)CN(Cc1ccccc1)C2=O. The summed E-state index contributed by atoms with van der Waals surface area (Å²) < 4.78 is 0. The van der Waals surface area contributed by atoms with E-state index in [0.29, 0.717) is 19.5 Å². The Morgan fingerprint density at radius 3 is 2.58 bits per heavy atom. The third-order valence-electron chi connectivity index (χ3n) is 4.29. The van der Waals surface area contributed by atoms with Crippen LogP contribution >= 0.6 is 0 Å². The van der Waals surface area contributed by atoms with Gasteiger partial charge in [0, 0.05) is 33.1 Å². The first kappa shape index (κ1) is 12.2. The Balaban J connectivity index is 1.65. The topological polar surface area (TPSA) is 40.6 Å². The van der Waals surface area contributed by atoms with Crippen LogP contribution < -0.4 is 0 Å². The zero-order valence-corrected chi connectivity index (χ0v) is 11.1. The number of likely N-dealkylation sites (tertiary alicyclic amines) is 2. The van der Waals surface area contributed by atoms with Crippen LogP contribution in [0.3, 0.4) is 0 Å². The molecule has 1 atom stereocenters. The predicted molar refractivity (Wildman–Crippen MR) is 71.2 cm³/mol. The van der Waals surface area contributed by atoms with Crippen molar-refractivity contribution in [2.45, 2.75) is 19.4 Å². The molecule has 1 aromatic rings. The highest BCUT2D eigenvalue weighted by Crippen LogP contribution is 2.42. The monoisotopic (exact) mass is 258 g/mol. The van der Waals surface area contributed by atoms with Gasteiger partial charge < -0.3 is 9.80 Å². The van der Waals surface area contributed by atoms with Crippen LogP contribution in [-0.2, 0) is 16.1 Å². The first-order chi connectivity index (χ1) is 9.11. The van der Waals surface area contributed by atoms with Gasteiger partial charge in [-0.15, -0.1) is 0 Å². The predicted octanol–water partition coefficient (Wildman–Crippen LogP) is 1.27. The largest absolute Gasteiger partial charge is 0.346 e. The first-order valence-electron chi connectivity index (χ1n) is 6.68. The van der Waals surface area contributed by atoms with Gasteiger partial charge in [-0.05, 0) is 12.0 Å². The molecule has 2 amide bonds. The fraction of sp³-hybridized carbons (Fsp3) is 0.467. The van der Waals surface area contributed by atoms with Crippen LogP contribution in [0.4, 0.5) is 0 Å². The van der Waals surface area contributed by atoms with Crippen molar-refractivity contribution in [2.75, 3.05) is 20.1 Å². The third kappa shape index (κ3) is 2.01. The normalized spacial score (nSPS) is 26.8. The number of carbonyl (C=O) groups excluding carboxylic acids is 2. The molecule has 4 heteroatoms. The summed E-state index contributed by atoms with van der Waals surface area (Å²) in [6.45, 7) is 2.08. The number of β-lactam (4-membered cyclic amide) rings is 1. The molecule has 0 aromatic heterocycles. The van der Waals surface area contributed by atoms with Crippen molar-refractivity contribution in [3.8, 4) is 0 Å². The van der Waals surface area contributed by atoms with E-state index in [9.17, 15) is 9.59 Å². The van der Waals surface area contributed by atoms with E-state index in [4.69, 9.17) is 0 Å². The summed E-state index contributed by atoms with van der Waals surface area (Å²) in [5.41, 5.74) is 0.753. The van der Waals surface area contributed by atoms with Gasteiger partial charge in [0.1, 0.15) is 0 Å². The number of nitrogens with zero attached hydrogens (tertiary/aromatic N) is 2. The molecule has 100 valence electrons. The molecule has 0 radical (unpaired) electrons. The van der Waals surface area contributed by atoms with Crippen LogP contribution in [-0.4, -0.2) is 41.8 Å². The molecule has 2 heterocycles. The summed E-state index contributed by atoms with van der Waals surface area (Å²) in [4.78, 5) is 27.7. The number of hydrogen-bond acceptors (Lipinski definition) is 2. The van der Waals surface area contributed by atoms with Crippen molar-refractivity contribution in [3.05, 3.63) is 35.9 Å². The second kappa shape index (κ2) is 4.37. The Hall–Kier alpha value is -1.84. The van der Waals surface area contributed by atoms with Gasteiger partial charge in [-0.2, -0.15) is 0 Å². The third-order valence-corrected chi connectivity index (χ3v) is 4.29. The van der Waals surface area contributed by atoms with Gasteiger partial charge in [0.15, 0.2) is 0 Å². The minimum atomic E-state index is -0.391. The molecule has 2 saturated heterocycles. The average molecular weight is 258 g/mol. The van der Waals surface area contributed by atoms with Gasteiger partial charge in [0.05, 0.1) is 5.41 Å². The molecular formula is C15H18N2O2. The zero-order valence-electron chi connectivity index (χ0n) is 11.1. The van der Waals surface area contributed by atoms with Crippen LogP contribution in [0.5, 0.6) is 0 Å². The van der Waals surface area contributed by atoms with Crippen LogP contribution in [0.1, 0.15) is 18.4 Å². The van der Waals surface area contributed by atoms with E-state index < -0.39 is 5.41 Å². The lowest BCUT2D eigenvalue weighted by Gasteiger charge is -2.51. The molecule has 2 aliphatic heterocycles. The van der Waals surface area contributed by atoms with E-state index in [1.807, 2.05) is 35.2 Å². The van der Waals surface area contributed by atoms with Gasteiger partial charge in [0.25, 0.3) is 0 Å². The summed E-state index contributed by atoms with van der Waals surface area (Å²) >= 11 is 0. The number of benzene rings is 1. The van der Waals surface area contributed by atoms with E-state index in [1.165, 1.54) is 0 Å². The minimum Gasteiger partial charge on any atom is -0.346 e. The molecule has 2 fully saturated rings. The molecule has 4 nitrogen and oxygen atoms in total. The summed E-state index contributed by atoms with van der Waals surface area (Å²) in [6, 6.07) is 9.98. The van der Waals surface area contributed by atoms with E-state index in [2.05, 4.69) is 0 Å². The lowest BCUT2D eigenvalue weighted by atomic mass is 9.70. The number of rotatable bonds is 2. The molecule has 3 rings (SSSR count). The zero-order chi connectivity index (χ0) is 13.5. The van der Waals surface area contributed by atoms with E-state index >= 15 is 0 Å². The highest BCUT2D eigenvalue weighted by Gasteiger charge is 2.54. The van der Waals surface area contributed by atoms with E-state index in [-0.39, 0.29) is 11.8 Å². The molecule has 1 aromatic carbocycles. The smallest absolute Gasteiger partial charge is 0.231 e. The van der Waals surface area contributed by atoms with Crippen molar-refractivity contribution >= 4 is 11.8 Å². The van der Waals surface area contributed by atoms with Crippen molar-refractivity contribution in [1.82, 2.24) is 9.80 Å². The van der Waals surface area contributed by atoms with E-state index in [1.54, 1.807) is 11.9 Å². The Bertz CT molecular complexity index is 514. The standard InChI is InChI=1S/C15H18N2O2/c1-16-8-7-15(9-13(16)18)11-17(14(15)19)10-12-5-3-2-4-6-12/h2-6H,7-11H2,1H3. The van der Waals surface area contributed by atoms with Crippen LogP contribution in [0.25, 0.3) is 0 Å². The lowest BCUT2D eigenvalue weighted by Crippen LogP contribution is -2.64. The number of carbonyl (C=O) groups is 2. The summed E-state index contributed by atoms with van der Waals surface area (Å²) in [5.74, 6) is 0.247. The Morgan fingerprint density at radius 1 is 1.21 bits per heavy atom. The maximum atomic E-state index is 12.4. The quantitative estimate of drug-likeness (QED) is 0.749.